The van der Waals surface area contributed by atoms with Gasteiger partial charge < -0.3 is 34.1 Å². The fourth-order valence-electron chi connectivity index (χ4n) is 5.04. The SMILES string of the molecule is COC(=O)OCOc1c([O-])cc(-c2cc(F)c(F)c3c2Cc2ccccc2SC3)[n+]2c1=C([O-])N1CCOC[C@H]1N=2. The molecule has 6 rings (SSSR count). The first-order chi connectivity index (χ1) is 19.4. The van der Waals surface area contributed by atoms with Crippen molar-refractivity contribution in [2.45, 2.75) is 23.2 Å². The minimum Gasteiger partial charge on any atom is -0.870 e. The first-order valence-corrected chi connectivity index (χ1v) is 13.3. The second kappa shape index (κ2) is 10.5. The van der Waals surface area contributed by atoms with Gasteiger partial charge in [-0.2, -0.15) is 0 Å². The van der Waals surface area contributed by atoms with E-state index >= 15 is 8.78 Å². The van der Waals surface area contributed by atoms with Gasteiger partial charge in [-0.15, -0.1) is 11.8 Å². The molecule has 3 aromatic rings. The number of benzene rings is 2. The number of methoxy groups -OCH3 is 1. The Bertz CT molecular complexity index is 1650. The lowest BCUT2D eigenvalue weighted by atomic mass is 9.92. The highest BCUT2D eigenvalue weighted by Crippen LogP contribution is 2.40. The number of nitrogens with zero attached hydrogens (tertiary/aromatic N) is 3. The van der Waals surface area contributed by atoms with E-state index in [9.17, 15) is 15.0 Å². The summed E-state index contributed by atoms with van der Waals surface area (Å²) in [6, 6.07) is 9.75. The van der Waals surface area contributed by atoms with Crippen LogP contribution in [0.1, 0.15) is 16.7 Å². The lowest BCUT2D eigenvalue weighted by Crippen LogP contribution is -2.59. The fraction of sp³-hybridized carbons (Fsp3) is 0.296. The van der Waals surface area contributed by atoms with Crippen molar-refractivity contribution >= 4 is 23.8 Å². The van der Waals surface area contributed by atoms with Crippen LogP contribution in [0.15, 0.2) is 46.4 Å². The summed E-state index contributed by atoms with van der Waals surface area (Å²) in [5.74, 6) is -3.57. The van der Waals surface area contributed by atoms with Crippen molar-refractivity contribution in [2.75, 3.05) is 33.7 Å². The zero-order valence-electron chi connectivity index (χ0n) is 21.1. The molecular formula is C27H22F2N3O7S-. The molecule has 40 heavy (non-hydrogen) atoms. The molecule has 0 bridgehead atoms. The average molecular weight is 571 g/mol. The Morgan fingerprint density at radius 1 is 1.25 bits per heavy atom. The smallest absolute Gasteiger partial charge is 0.510 e. The molecule has 1 fully saturated rings. The molecule has 0 unspecified atom stereocenters. The topological polar surface area (TPSA) is 122 Å². The van der Waals surface area contributed by atoms with Crippen molar-refractivity contribution in [3.63, 3.8) is 0 Å². The Morgan fingerprint density at radius 2 is 2.08 bits per heavy atom. The first-order valence-electron chi connectivity index (χ1n) is 12.3. The Balaban J connectivity index is 1.59. The average Bonchev–Trinajstić information content (AvgIpc) is 3.16. The number of carbonyl (C=O) groups is 1. The van der Waals surface area contributed by atoms with E-state index < -0.39 is 48.1 Å². The number of ether oxygens (including phenoxy) is 4. The second-order valence-corrected chi connectivity index (χ2v) is 10.2. The van der Waals surface area contributed by atoms with E-state index in [0.717, 1.165) is 29.7 Å². The molecule has 4 heterocycles. The van der Waals surface area contributed by atoms with Crippen molar-refractivity contribution in [2.24, 2.45) is 5.11 Å². The predicted octanol–water partition coefficient (Wildman–Crippen LogP) is 1.44. The molecule has 1 atom stereocenters. The van der Waals surface area contributed by atoms with Crippen molar-refractivity contribution in [1.29, 1.82) is 0 Å². The Morgan fingerprint density at radius 3 is 2.90 bits per heavy atom. The number of hydrogen-bond donors (Lipinski definition) is 0. The van der Waals surface area contributed by atoms with E-state index in [1.54, 1.807) is 0 Å². The maximum absolute atomic E-state index is 15.2. The molecule has 1 saturated heterocycles. The van der Waals surface area contributed by atoms with Crippen molar-refractivity contribution in [3.05, 3.63) is 70.1 Å². The normalized spacial score (nSPS) is 17.4. The maximum Gasteiger partial charge on any atom is 0.510 e. The highest BCUT2D eigenvalue weighted by Gasteiger charge is 2.34. The van der Waals surface area contributed by atoms with Crippen LogP contribution in [-0.2, 0) is 26.4 Å². The highest BCUT2D eigenvalue weighted by molar-refractivity contribution is 7.98. The molecule has 10 nitrogen and oxygen atoms in total. The lowest BCUT2D eigenvalue weighted by Gasteiger charge is -2.37. The molecule has 0 spiro atoms. The van der Waals surface area contributed by atoms with Crippen LogP contribution in [0.4, 0.5) is 13.6 Å². The fourth-order valence-corrected chi connectivity index (χ4v) is 6.14. The van der Waals surface area contributed by atoms with Crippen molar-refractivity contribution < 1.29 is 47.1 Å². The molecule has 1 aromatic heterocycles. The monoisotopic (exact) mass is 570 g/mol. The van der Waals surface area contributed by atoms with E-state index in [2.05, 4.69) is 9.85 Å². The third kappa shape index (κ3) is 4.44. The molecule has 3 aliphatic heterocycles. The molecular weight excluding hydrogens is 548 g/mol. The second-order valence-electron chi connectivity index (χ2n) is 9.16. The summed E-state index contributed by atoms with van der Waals surface area (Å²) < 4.78 is 51.5. The van der Waals surface area contributed by atoms with Gasteiger partial charge in [0.25, 0.3) is 5.35 Å². The molecule has 0 radical (unpaired) electrons. The van der Waals surface area contributed by atoms with E-state index in [1.165, 1.54) is 21.0 Å². The molecule has 0 amide bonds. The zero-order chi connectivity index (χ0) is 28.0. The Labute approximate surface area is 230 Å². The predicted molar refractivity (Wildman–Crippen MR) is 131 cm³/mol. The third-order valence-electron chi connectivity index (χ3n) is 6.93. The maximum atomic E-state index is 15.2. The summed E-state index contributed by atoms with van der Waals surface area (Å²) >= 11 is 1.39. The first kappa shape index (κ1) is 26.1. The molecule has 0 aliphatic carbocycles. The standard InChI is InChI=1S/C27H22F2N3O7S/c1-36-27(35)39-13-38-25-20(33)10-19(32-24(25)26(34)31-6-7-37-11-22(31)30-32)16-9-18(28)23(29)17-12-40-21-5-3-2-4-14(21)8-15(16)17/h2-5,9-10,22H,6-8,11-13H2,1H3/q-1/t22-/m0/s1. The summed E-state index contributed by atoms with van der Waals surface area (Å²) in [7, 11) is 1.11. The van der Waals surface area contributed by atoms with Gasteiger partial charge in [0.2, 0.25) is 18.7 Å². The number of hydrogen-bond acceptors (Lipinski definition) is 10. The summed E-state index contributed by atoms with van der Waals surface area (Å²) in [5.41, 5.74) is 1.90. The number of thioether (sulfide) groups is 1. The van der Waals surface area contributed by atoms with Crippen LogP contribution >= 0.6 is 11.8 Å². The van der Waals surface area contributed by atoms with Gasteiger partial charge >= 0.3 is 6.16 Å². The molecule has 0 N–H and O–H groups in total. The highest BCUT2D eigenvalue weighted by atomic mass is 32.2. The van der Waals surface area contributed by atoms with Gasteiger partial charge in [0.15, 0.2) is 17.4 Å². The minimum atomic E-state index is -1.08. The van der Waals surface area contributed by atoms with E-state index in [-0.39, 0.29) is 54.1 Å². The molecule has 3 aliphatic rings. The van der Waals surface area contributed by atoms with Gasteiger partial charge in [-0.05, 0) is 39.2 Å². The summed E-state index contributed by atoms with van der Waals surface area (Å²) in [5, 5.41) is 31.5. The summed E-state index contributed by atoms with van der Waals surface area (Å²) in [4.78, 5) is 13.8. The van der Waals surface area contributed by atoms with Gasteiger partial charge in [-0.25, -0.2) is 13.6 Å². The zero-order valence-corrected chi connectivity index (χ0v) is 22.0. The number of rotatable bonds is 4. The summed E-state index contributed by atoms with van der Waals surface area (Å²) in [6.07, 6.45) is -1.49. The van der Waals surface area contributed by atoms with Gasteiger partial charge in [0.1, 0.15) is 0 Å². The lowest BCUT2D eigenvalue weighted by molar-refractivity contribution is -0.570. The van der Waals surface area contributed by atoms with Crippen LogP contribution in [0.5, 0.6) is 11.5 Å². The third-order valence-corrected chi connectivity index (χ3v) is 8.07. The van der Waals surface area contributed by atoms with Crippen LogP contribution < -0.4 is 24.7 Å². The van der Waals surface area contributed by atoms with Gasteiger partial charge in [-0.1, -0.05) is 23.9 Å². The molecule has 208 valence electrons. The van der Waals surface area contributed by atoms with E-state index in [4.69, 9.17) is 14.2 Å². The minimum absolute atomic E-state index is 0.0966. The number of pyridine rings is 1. The molecule has 2 aromatic carbocycles. The summed E-state index contributed by atoms with van der Waals surface area (Å²) in [6.45, 7) is -0.101. The van der Waals surface area contributed by atoms with Crippen molar-refractivity contribution in [3.8, 4) is 22.8 Å². The van der Waals surface area contributed by atoms with Crippen LogP contribution in [0.2, 0.25) is 0 Å². The number of fused-ring (bicyclic) bond motifs is 4. The number of carbonyl (C=O) groups excluding carboxylic acids is 1. The van der Waals surface area contributed by atoms with Crippen LogP contribution in [-0.4, -0.2) is 50.9 Å². The Hall–Kier alpha value is -4.10. The van der Waals surface area contributed by atoms with Crippen molar-refractivity contribution in [1.82, 2.24) is 4.90 Å². The quantitative estimate of drug-likeness (QED) is 0.261. The van der Waals surface area contributed by atoms with Gasteiger partial charge in [0.05, 0.1) is 25.9 Å². The Kier molecular flexibility index (Phi) is 6.84. The molecule has 13 heteroatoms. The molecule has 0 saturated carbocycles. The number of halogens is 2. The van der Waals surface area contributed by atoms with E-state index in [1.807, 2.05) is 24.3 Å². The van der Waals surface area contributed by atoms with Crippen LogP contribution in [0.25, 0.3) is 17.1 Å². The largest absolute Gasteiger partial charge is 0.870 e. The number of aromatic nitrogens is 1. The van der Waals surface area contributed by atoms with Crippen LogP contribution in [0.3, 0.4) is 0 Å². The van der Waals surface area contributed by atoms with Gasteiger partial charge in [0, 0.05) is 34.7 Å². The van der Waals surface area contributed by atoms with E-state index in [0.29, 0.717) is 5.56 Å². The van der Waals surface area contributed by atoms with Gasteiger partial charge in [-0.3, -0.25) is 0 Å². The number of morpholine rings is 1. The van der Waals surface area contributed by atoms with Crippen LogP contribution in [0, 0.1) is 11.6 Å².